The van der Waals surface area contributed by atoms with Gasteiger partial charge in [0.25, 0.3) is 11.8 Å². The summed E-state index contributed by atoms with van der Waals surface area (Å²) < 4.78 is 31.1. The second-order valence-corrected chi connectivity index (χ2v) is 10.0. The molecule has 1 fully saturated rings. The summed E-state index contributed by atoms with van der Waals surface area (Å²) in [7, 11) is 1.50. The van der Waals surface area contributed by atoms with Gasteiger partial charge in [0.05, 0.1) is 37.3 Å². The van der Waals surface area contributed by atoms with Crippen LogP contribution in [0.25, 0.3) is 0 Å². The van der Waals surface area contributed by atoms with Crippen LogP contribution in [0.1, 0.15) is 70.4 Å². The van der Waals surface area contributed by atoms with Crippen LogP contribution < -0.4 is 15.4 Å². The third-order valence-electron chi connectivity index (χ3n) is 7.25. The summed E-state index contributed by atoms with van der Waals surface area (Å²) in [6, 6.07) is 12.6. The standard InChI is InChI=1S/C30H38FN3O6/c1-3-4-14-39-30(37)34-13-15-38-22(19-34)11-8-12-33-28(35)21-16-23-26(20-9-6-5-7-10-20)25(18-31)40-27(23)24(17-21)29(36)32-2/h5-7,9-10,16-17,22,25-26H,3-4,8,11-15,18-19H2,1-2H3,(H,32,36)(H,33,35)/t22?,25-,26+/m1/s1. The number of hydrogen-bond donors (Lipinski definition) is 2. The molecule has 0 bridgehead atoms. The molecule has 2 aliphatic rings. The molecule has 40 heavy (non-hydrogen) atoms. The number of amides is 3. The van der Waals surface area contributed by atoms with Gasteiger partial charge in [-0.05, 0) is 37.0 Å². The number of benzene rings is 2. The number of carbonyl (C=O) groups is 3. The zero-order valence-electron chi connectivity index (χ0n) is 23.1. The van der Waals surface area contributed by atoms with Gasteiger partial charge in [-0.1, -0.05) is 43.7 Å². The average Bonchev–Trinajstić information content (AvgIpc) is 3.37. The van der Waals surface area contributed by atoms with E-state index in [-0.39, 0.29) is 23.7 Å². The minimum Gasteiger partial charge on any atom is -0.486 e. The number of rotatable bonds is 11. The van der Waals surface area contributed by atoms with E-state index in [2.05, 4.69) is 10.6 Å². The number of carbonyl (C=O) groups excluding carboxylic acids is 3. The highest BCUT2D eigenvalue weighted by Crippen LogP contribution is 2.45. The predicted octanol–water partition coefficient (Wildman–Crippen LogP) is 4.06. The summed E-state index contributed by atoms with van der Waals surface area (Å²) in [5.74, 6) is -0.893. The van der Waals surface area contributed by atoms with E-state index in [4.69, 9.17) is 14.2 Å². The van der Waals surface area contributed by atoms with E-state index in [0.717, 1.165) is 18.4 Å². The second kappa shape index (κ2) is 14.1. The van der Waals surface area contributed by atoms with Crippen molar-refractivity contribution in [3.05, 3.63) is 64.7 Å². The zero-order valence-corrected chi connectivity index (χ0v) is 23.1. The first kappa shape index (κ1) is 29.3. The summed E-state index contributed by atoms with van der Waals surface area (Å²) >= 11 is 0. The molecule has 0 radical (unpaired) electrons. The number of halogens is 1. The van der Waals surface area contributed by atoms with Crippen molar-refractivity contribution in [1.29, 1.82) is 0 Å². The van der Waals surface area contributed by atoms with E-state index < -0.39 is 24.6 Å². The molecule has 3 amide bonds. The molecule has 1 saturated heterocycles. The van der Waals surface area contributed by atoms with Crippen molar-refractivity contribution in [2.75, 3.05) is 46.6 Å². The number of nitrogens with zero attached hydrogens (tertiary/aromatic N) is 1. The van der Waals surface area contributed by atoms with Gasteiger partial charge in [-0.3, -0.25) is 9.59 Å². The van der Waals surface area contributed by atoms with Gasteiger partial charge in [0.2, 0.25) is 0 Å². The van der Waals surface area contributed by atoms with Crippen molar-refractivity contribution < 1.29 is 33.0 Å². The Morgan fingerprint density at radius 1 is 1.12 bits per heavy atom. The van der Waals surface area contributed by atoms with Crippen LogP contribution in [0.3, 0.4) is 0 Å². The fourth-order valence-corrected chi connectivity index (χ4v) is 5.13. The van der Waals surface area contributed by atoms with E-state index in [0.29, 0.717) is 62.6 Å². The highest BCUT2D eigenvalue weighted by atomic mass is 19.1. The smallest absolute Gasteiger partial charge is 0.409 e. The first-order valence-electron chi connectivity index (χ1n) is 14.0. The lowest BCUT2D eigenvalue weighted by atomic mass is 9.86. The molecule has 10 heteroatoms. The SMILES string of the molecule is CCCCOC(=O)N1CCOC(CCCNC(=O)c2cc(C(=O)NC)c3c(c2)[C@H](c2ccccc2)[C@@H](CF)O3)C1. The molecular weight excluding hydrogens is 517 g/mol. The molecule has 216 valence electrons. The van der Waals surface area contributed by atoms with Crippen LogP contribution in [0.4, 0.5) is 9.18 Å². The highest BCUT2D eigenvalue weighted by molar-refractivity contribution is 6.02. The third-order valence-corrected chi connectivity index (χ3v) is 7.25. The van der Waals surface area contributed by atoms with E-state index >= 15 is 0 Å². The maximum absolute atomic E-state index is 14.0. The topological polar surface area (TPSA) is 106 Å². The van der Waals surface area contributed by atoms with Crippen LogP contribution in [0, 0.1) is 0 Å². The number of fused-ring (bicyclic) bond motifs is 1. The normalized spacial score (nSPS) is 19.9. The molecular formula is C30H38FN3O6. The number of morpholine rings is 1. The highest BCUT2D eigenvalue weighted by Gasteiger charge is 2.39. The van der Waals surface area contributed by atoms with Crippen LogP contribution >= 0.6 is 0 Å². The second-order valence-electron chi connectivity index (χ2n) is 10.0. The maximum Gasteiger partial charge on any atom is 0.409 e. The number of alkyl halides is 1. The van der Waals surface area contributed by atoms with E-state index in [1.54, 1.807) is 11.0 Å². The monoisotopic (exact) mass is 555 g/mol. The van der Waals surface area contributed by atoms with Gasteiger partial charge in [-0.15, -0.1) is 0 Å². The molecule has 9 nitrogen and oxygen atoms in total. The van der Waals surface area contributed by atoms with Gasteiger partial charge in [-0.25, -0.2) is 9.18 Å². The summed E-state index contributed by atoms with van der Waals surface area (Å²) in [4.78, 5) is 39.8. The van der Waals surface area contributed by atoms with Crippen molar-refractivity contribution in [1.82, 2.24) is 15.5 Å². The Kier molecular flexibility index (Phi) is 10.3. The van der Waals surface area contributed by atoms with Crippen LogP contribution in [-0.4, -0.2) is 81.6 Å². The fraction of sp³-hybridized carbons (Fsp3) is 0.500. The van der Waals surface area contributed by atoms with Crippen LogP contribution in [-0.2, 0) is 9.47 Å². The molecule has 2 heterocycles. The maximum atomic E-state index is 14.0. The van der Waals surface area contributed by atoms with Crippen molar-refractivity contribution in [2.24, 2.45) is 0 Å². The van der Waals surface area contributed by atoms with E-state index in [9.17, 15) is 18.8 Å². The zero-order chi connectivity index (χ0) is 28.5. The molecule has 2 aromatic carbocycles. The lowest BCUT2D eigenvalue weighted by Crippen LogP contribution is -2.46. The summed E-state index contributed by atoms with van der Waals surface area (Å²) in [5.41, 5.74) is 1.96. The minimum atomic E-state index is -0.793. The van der Waals surface area contributed by atoms with E-state index in [1.807, 2.05) is 37.3 Å². The van der Waals surface area contributed by atoms with Gasteiger partial charge in [0.15, 0.2) is 0 Å². The molecule has 3 atom stereocenters. The number of nitrogens with one attached hydrogen (secondary N) is 2. The molecule has 0 spiro atoms. The lowest BCUT2D eigenvalue weighted by molar-refractivity contribution is -0.0311. The number of unbranched alkanes of at least 4 members (excludes halogenated alkanes) is 1. The number of ether oxygens (including phenoxy) is 3. The Balaban J connectivity index is 1.39. The molecule has 1 unspecified atom stereocenters. The van der Waals surface area contributed by atoms with Crippen LogP contribution in [0.15, 0.2) is 42.5 Å². The van der Waals surface area contributed by atoms with Gasteiger partial charge in [0.1, 0.15) is 18.5 Å². The first-order chi connectivity index (χ1) is 19.5. The minimum absolute atomic E-state index is 0.134. The molecule has 2 aliphatic heterocycles. The van der Waals surface area contributed by atoms with Gasteiger partial charge >= 0.3 is 6.09 Å². The van der Waals surface area contributed by atoms with Crippen LogP contribution in [0.5, 0.6) is 5.75 Å². The molecule has 2 N–H and O–H groups in total. The van der Waals surface area contributed by atoms with Gasteiger partial charge in [-0.2, -0.15) is 0 Å². The lowest BCUT2D eigenvalue weighted by Gasteiger charge is -2.32. The fourth-order valence-electron chi connectivity index (χ4n) is 5.13. The van der Waals surface area contributed by atoms with Crippen molar-refractivity contribution in [2.45, 2.75) is 50.7 Å². The Morgan fingerprint density at radius 3 is 2.65 bits per heavy atom. The van der Waals surface area contributed by atoms with Crippen LogP contribution in [0.2, 0.25) is 0 Å². The van der Waals surface area contributed by atoms with Gasteiger partial charge in [0, 0.05) is 31.3 Å². The Hall–Kier alpha value is -3.66. The molecule has 4 rings (SSSR count). The Morgan fingerprint density at radius 2 is 1.93 bits per heavy atom. The Labute approximate surface area is 234 Å². The molecule has 0 aliphatic carbocycles. The van der Waals surface area contributed by atoms with Crippen molar-refractivity contribution in [3.63, 3.8) is 0 Å². The Bertz CT molecular complexity index is 1180. The van der Waals surface area contributed by atoms with Crippen molar-refractivity contribution in [3.8, 4) is 5.75 Å². The first-order valence-corrected chi connectivity index (χ1v) is 14.0. The summed E-state index contributed by atoms with van der Waals surface area (Å²) in [6.45, 7) is 3.51. The summed E-state index contributed by atoms with van der Waals surface area (Å²) in [6.07, 6.45) is 1.86. The molecule has 0 aromatic heterocycles. The largest absolute Gasteiger partial charge is 0.486 e. The van der Waals surface area contributed by atoms with Gasteiger partial charge < -0.3 is 29.7 Å². The number of hydrogen-bond acceptors (Lipinski definition) is 6. The van der Waals surface area contributed by atoms with Crippen molar-refractivity contribution >= 4 is 17.9 Å². The third kappa shape index (κ3) is 6.91. The average molecular weight is 556 g/mol. The quantitative estimate of drug-likeness (QED) is 0.405. The molecule has 0 saturated carbocycles. The van der Waals surface area contributed by atoms with E-state index in [1.165, 1.54) is 13.1 Å². The summed E-state index contributed by atoms with van der Waals surface area (Å²) in [5, 5.41) is 5.50. The predicted molar refractivity (Wildman–Crippen MR) is 148 cm³/mol. The molecule has 2 aromatic rings.